The van der Waals surface area contributed by atoms with Gasteiger partial charge in [0.15, 0.2) is 18.0 Å². The lowest BCUT2D eigenvalue weighted by Gasteiger charge is -2.20. The van der Waals surface area contributed by atoms with Gasteiger partial charge in [0.2, 0.25) is 0 Å². The summed E-state index contributed by atoms with van der Waals surface area (Å²) in [6.07, 6.45) is 8.42. The highest BCUT2D eigenvalue weighted by atomic mass is 16.5. The molecule has 27 heavy (non-hydrogen) atoms. The third kappa shape index (κ3) is 3.89. The Kier molecular flexibility index (Phi) is 4.96. The number of rotatable bonds is 4. The van der Waals surface area contributed by atoms with E-state index >= 15 is 0 Å². The number of likely N-dealkylation sites (tertiary alicyclic amines) is 1. The monoisotopic (exact) mass is 364 g/mol. The van der Waals surface area contributed by atoms with Gasteiger partial charge in [0, 0.05) is 36.7 Å². The minimum atomic E-state index is 0.0454. The first-order chi connectivity index (χ1) is 13.2. The Labute approximate surface area is 158 Å². The fourth-order valence-electron chi connectivity index (χ4n) is 3.44. The van der Waals surface area contributed by atoms with Gasteiger partial charge in [-0.25, -0.2) is 4.98 Å². The van der Waals surface area contributed by atoms with E-state index in [9.17, 15) is 4.79 Å². The highest BCUT2D eigenvalue weighted by Gasteiger charge is 2.17. The molecule has 6 nitrogen and oxygen atoms in total. The van der Waals surface area contributed by atoms with Crippen molar-refractivity contribution in [2.75, 3.05) is 25.4 Å². The van der Waals surface area contributed by atoms with Gasteiger partial charge in [-0.1, -0.05) is 25.0 Å². The molecular formula is C21H24N4O2. The summed E-state index contributed by atoms with van der Waals surface area (Å²) in [4.78, 5) is 19.1. The third-order valence-corrected chi connectivity index (χ3v) is 4.96. The van der Waals surface area contributed by atoms with E-state index in [1.807, 2.05) is 58.1 Å². The second-order valence-electron chi connectivity index (χ2n) is 6.94. The van der Waals surface area contributed by atoms with Crippen molar-refractivity contribution in [3.63, 3.8) is 0 Å². The van der Waals surface area contributed by atoms with Crippen molar-refractivity contribution < 1.29 is 9.53 Å². The molecule has 0 saturated carbocycles. The van der Waals surface area contributed by atoms with E-state index in [1.54, 1.807) is 0 Å². The lowest BCUT2D eigenvalue weighted by atomic mass is 10.1. The van der Waals surface area contributed by atoms with Crippen molar-refractivity contribution in [2.45, 2.75) is 25.7 Å². The minimum absolute atomic E-state index is 0.0454. The predicted molar refractivity (Wildman–Crippen MR) is 106 cm³/mol. The average Bonchev–Trinajstić information content (AvgIpc) is 2.93. The number of ether oxygens (including phenoxy) is 1. The molecule has 3 heterocycles. The average molecular weight is 364 g/mol. The minimum Gasteiger partial charge on any atom is -0.480 e. The Morgan fingerprint density at radius 3 is 2.56 bits per heavy atom. The van der Waals surface area contributed by atoms with Crippen molar-refractivity contribution >= 4 is 17.2 Å². The van der Waals surface area contributed by atoms with Gasteiger partial charge in [-0.3, -0.25) is 4.79 Å². The number of anilines is 1. The summed E-state index contributed by atoms with van der Waals surface area (Å²) in [7, 11) is 0. The Morgan fingerprint density at radius 1 is 1.07 bits per heavy atom. The molecule has 0 bridgehead atoms. The number of nitrogens with two attached hydrogens (primary N) is 1. The first-order valence-corrected chi connectivity index (χ1v) is 9.45. The van der Waals surface area contributed by atoms with Gasteiger partial charge in [-0.05, 0) is 37.1 Å². The van der Waals surface area contributed by atoms with E-state index in [0.29, 0.717) is 11.4 Å². The molecule has 0 aliphatic carbocycles. The van der Waals surface area contributed by atoms with E-state index in [4.69, 9.17) is 15.5 Å². The normalized spacial score (nSPS) is 14.9. The zero-order chi connectivity index (χ0) is 18.6. The lowest BCUT2D eigenvalue weighted by Crippen LogP contribution is -2.35. The number of aromatic nitrogens is 2. The van der Waals surface area contributed by atoms with Crippen LogP contribution in [0.25, 0.3) is 16.9 Å². The molecule has 1 aliphatic rings. The smallest absolute Gasteiger partial charge is 0.260 e. The number of benzene rings is 1. The molecule has 0 unspecified atom stereocenters. The Hall–Kier alpha value is -3.02. The van der Waals surface area contributed by atoms with Crippen molar-refractivity contribution in [1.29, 1.82) is 0 Å². The maximum atomic E-state index is 12.5. The third-order valence-electron chi connectivity index (χ3n) is 4.96. The molecule has 3 aromatic rings. The highest BCUT2D eigenvalue weighted by Crippen LogP contribution is 2.25. The maximum absolute atomic E-state index is 12.5. The molecule has 0 spiro atoms. The van der Waals surface area contributed by atoms with E-state index in [0.717, 1.165) is 42.9 Å². The molecule has 1 aliphatic heterocycles. The predicted octanol–water partition coefficient (Wildman–Crippen LogP) is 3.36. The van der Waals surface area contributed by atoms with Crippen LogP contribution >= 0.6 is 0 Å². The number of pyridine rings is 1. The summed E-state index contributed by atoms with van der Waals surface area (Å²) < 4.78 is 7.76. The van der Waals surface area contributed by atoms with Crippen LogP contribution in [0.5, 0.6) is 5.75 Å². The second kappa shape index (κ2) is 7.70. The number of hydrogen-bond acceptors (Lipinski definition) is 4. The summed E-state index contributed by atoms with van der Waals surface area (Å²) >= 11 is 0. The van der Waals surface area contributed by atoms with Crippen molar-refractivity contribution in [3.05, 3.63) is 48.8 Å². The van der Waals surface area contributed by atoms with Crippen LogP contribution in [0.15, 0.2) is 48.8 Å². The fourth-order valence-corrected chi connectivity index (χ4v) is 3.44. The van der Waals surface area contributed by atoms with Crippen LogP contribution in [-0.4, -0.2) is 39.9 Å². The summed E-state index contributed by atoms with van der Waals surface area (Å²) in [5.74, 6) is 0.659. The van der Waals surface area contributed by atoms with Crippen LogP contribution in [0.4, 0.5) is 5.69 Å². The van der Waals surface area contributed by atoms with Crippen LogP contribution in [-0.2, 0) is 4.79 Å². The van der Waals surface area contributed by atoms with Crippen LogP contribution < -0.4 is 10.5 Å². The molecule has 0 atom stereocenters. The SMILES string of the molecule is Nc1ccc(-c2cn3cccc(OCC(=O)N4CCCCCC4)c3n2)cc1. The van der Waals surface area contributed by atoms with Crippen LogP contribution in [0.1, 0.15) is 25.7 Å². The number of amides is 1. The van der Waals surface area contributed by atoms with Gasteiger partial charge in [0.25, 0.3) is 5.91 Å². The Morgan fingerprint density at radius 2 is 1.81 bits per heavy atom. The standard InChI is InChI=1S/C21H24N4O2/c22-17-9-7-16(8-10-17)18-14-25-13-5-6-19(21(25)23-18)27-15-20(26)24-11-3-1-2-4-12-24/h5-10,13-14H,1-4,11-12,15,22H2. The molecule has 6 heteroatoms. The van der Waals surface area contributed by atoms with Crippen molar-refractivity contribution in [2.24, 2.45) is 0 Å². The second-order valence-corrected chi connectivity index (χ2v) is 6.94. The first-order valence-electron chi connectivity index (χ1n) is 9.45. The molecule has 2 N–H and O–H groups in total. The lowest BCUT2D eigenvalue weighted by molar-refractivity contribution is -0.133. The zero-order valence-electron chi connectivity index (χ0n) is 15.3. The van der Waals surface area contributed by atoms with Crippen LogP contribution in [0.2, 0.25) is 0 Å². The Bertz CT molecular complexity index is 925. The summed E-state index contributed by atoms with van der Waals surface area (Å²) in [6.45, 7) is 1.71. The van der Waals surface area contributed by atoms with Crippen molar-refractivity contribution in [1.82, 2.24) is 14.3 Å². The fraction of sp³-hybridized carbons (Fsp3) is 0.333. The first kappa shape index (κ1) is 17.4. The number of imidazole rings is 1. The van der Waals surface area contributed by atoms with Gasteiger partial charge in [-0.15, -0.1) is 0 Å². The van der Waals surface area contributed by atoms with Crippen LogP contribution in [0.3, 0.4) is 0 Å². The number of carbonyl (C=O) groups excluding carboxylic acids is 1. The number of carbonyl (C=O) groups is 1. The summed E-state index contributed by atoms with van der Waals surface area (Å²) in [6, 6.07) is 11.4. The largest absolute Gasteiger partial charge is 0.480 e. The van der Waals surface area contributed by atoms with E-state index in [2.05, 4.69) is 0 Å². The number of hydrogen-bond donors (Lipinski definition) is 1. The molecular weight excluding hydrogens is 340 g/mol. The van der Waals surface area contributed by atoms with E-state index < -0.39 is 0 Å². The van der Waals surface area contributed by atoms with Gasteiger partial charge < -0.3 is 19.8 Å². The molecule has 2 aromatic heterocycles. The summed E-state index contributed by atoms with van der Waals surface area (Å²) in [5, 5.41) is 0. The summed E-state index contributed by atoms with van der Waals surface area (Å²) in [5.41, 5.74) is 9.01. The van der Waals surface area contributed by atoms with Crippen LogP contribution in [0, 0.1) is 0 Å². The Balaban J connectivity index is 1.51. The maximum Gasteiger partial charge on any atom is 0.260 e. The van der Waals surface area contributed by atoms with E-state index in [-0.39, 0.29) is 12.5 Å². The molecule has 1 amide bonds. The van der Waals surface area contributed by atoms with E-state index in [1.165, 1.54) is 12.8 Å². The number of nitrogen functional groups attached to an aromatic ring is 1. The van der Waals surface area contributed by atoms with Crippen molar-refractivity contribution in [3.8, 4) is 17.0 Å². The zero-order valence-corrected chi connectivity index (χ0v) is 15.3. The number of nitrogens with zero attached hydrogens (tertiary/aromatic N) is 3. The molecule has 1 fully saturated rings. The quantitative estimate of drug-likeness (QED) is 0.721. The topological polar surface area (TPSA) is 72.9 Å². The molecule has 1 saturated heterocycles. The van der Waals surface area contributed by atoms with Gasteiger partial charge in [0.05, 0.1) is 5.69 Å². The van der Waals surface area contributed by atoms with Gasteiger partial charge in [-0.2, -0.15) is 0 Å². The molecule has 1 aromatic carbocycles. The number of fused-ring (bicyclic) bond motifs is 1. The van der Waals surface area contributed by atoms with Gasteiger partial charge in [0.1, 0.15) is 0 Å². The highest BCUT2D eigenvalue weighted by molar-refractivity contribution is 5.78. The molecule has 140 valence electrons. The molecule has 0 radical (unpaired) electrons. The molecule has 4 rings (SSSR count). The van der Waals surface area contributed by atoms with Gasteiger partial charge >= 0.3 is 0 Å².